The summed E-state index contributed by atoms with van der Waals surface area (Å²) in [6.07, 6.45) is 0.402. The third kappa shape index (κ3) is 4.42. The van der Waals surface area contributed by atoms with Gasteiger partial charge in [-0.1, -0.05) is 0 Å². The maximum Gasteiger partial charge on any atom is 0.341 e. The number of anilines is 1. The van der Waals surface area contributed by atoms with Crippen molar-refractivity contribution in [3.63, 3.8) is 0 Å². The third-order valence-corrected chi connectivity index (χ3v) is 3.69. The van der Waals surface area contributed by atoms with E-state index in [1.54, 1.807) is 0 Å². The lowest BCUT2D eigenvalue weighted by atomic mass is 10.3. The summed E-state index contributed by atoms with van der Waals surface area (Å²) in [5.74, 6) is -3.48. The minimum absolute atomic E-state index is 0.0551. The van der Waals surface area contributed by atoms with Crippen LogP contribution in [0.2, 0.25) is 0 Å². The van der Waals surface area contributed by atoms with Gasteiger partial charge < -0.3 is 15.7 Å². The highest BCUT2D eigenvalue weighted by atomic mass is 32.2. The maximum atomic E-state index is 12.3. The quantitative estimate of drug-likeness (QED) is 0.688. The van der Waals surface area contributed by atoms with Gasteiger partial charge in [-0.2, -0.15) is 8.78 Å². The molecule has 0 aliphatic rings. The van der Waals surface area contributed by atoms with E-state index >= 15 is 0 Å². The van der Waals surface area contributed by atoms with Gasteiger partial charge in [0.15, 0.2) is 0 Å². The van der Waals surface area contributed by atoms with Crippen LogP contribution in [0.4, 0.5) is 19.3 Å². The van der Waals surface area contributed by atoms with E-state index in [4.69, 9.17) is 5.11 Å². The third-order valence-electron chi connectivity index (χ3n) is 2.30. The first kappa shape index (κ1) is 16.3. The minimum Gasteiger partial charge on any atom is -0.396 e. The van der Waals surface area contributed by atoms with Gasteiger partial charge in [-0.05, 0) is 30.7 Å². The molecular formula is C11H14F2N2O4S. The second-order valence-electron chi connectivity index (χ2n) is 3.79. The van der Waals surface area contributed by atoms with E-state index in [0.29, 0.717) is 6.42 Å². The van der Waals surface area contributed by atoms with Crippen molar-refractivity contribution in [1.82, 2.24) is 5.32 Å². The number of nitrogens with one attached hydrogen (secondary N) is 2. The number of aliphatic hydroxyl groups is 1. The molecule has 20 heavy (non-hydrogen) atoms. The highest BCUT2D eigenvalue weighted by Gasteiger charge is 2.26. The normalized spacial score (nSPS) is 11.4. The van der Waals surface area contributed by atoms with Crippen LogP contribution >= 0.6 is 0 Å². The molecule has 0 aromatic heterocycles. The van der Waals surface area contributed by atoms with E-state index < -0.39 is 26.5 Å². The molecule has 0 spiro atoms. The predicted molar refractivity (Wildman–Crippen MR) is 68.4 cm³/mol. The zero-order valence-corrected chi connectivity index (χ0v) is 11.2. The van der Waals surface area contributed by atoms with Crippen LogP contribution < -0.4 is 10.6 Å². The Morgan fingerprint density at radius 3 is 2.35 bits per heavy atom. The molecule has 1 aromatic carbocycles. The number of aliphatic hydroxyl groups excluding tert-OH is 1. The van der Waals surface area contributed by atoms with Gasteiger partial charge in [0.25, 0.3) is 0 Å². The smallest absolute Gasteiger partial charge is 0.341 e. The first-order valence-corrected chi connectivity index (χ1v) is 7.20. The Kier molecular flexibility index (Phi) is 5.83. The van der Waals surface area contributed by atoms with Gasteiger partial charge in [-0.15, -0.1) is 0 Å². The highest BCUT2D eigenvalue weighted by Crippen LogP contribution is 2.20. The lowest BCUT2D eigenvalue weighted by Gasteiger charge is -2.08. The summed E-state index contributed by atoms with van der Waals surface area (Å²) in [7, 11) is -4.63. The molecule has 1 rings (SSSR count). The number of hydrogen-bond acceptors (Lipinski definition) is 4. The van der Waals surface area contributed by atoms with Gasteiger partial charge >= 0.3 is 11.8 Å². The monoisotopic (exact) mass is 308 g/mol. The molecule has 0 radical (unpaired) electrons. The number of rotatable bonds is 6. The number of alkyl halides is 2. The van der Waals surface area contributed by atoms with Gasteiger partial charge in [0.2, 0.25) is 9.84 Å². The molecule has 0 unspecified atom stereocenters. The number of hydrogen-bond donors (Lipinski definition) is 3. The molecule has 0 aliphatic carbocycles. The van der Waals surface area contributed by atoms with Gasteiger partial charge in [-0.3, -0.25) is 0 Å². The Morgan fingerprint density at radius 1 is 1.25 bits per heavy atom. The Morgan fingerprint density at radius 2 is 1.85 bits per heavy atom. The second-order valence-corrected chi connectivity index (χ2v) is 5.71. The number of carbonyl (C=O) groups is 1. The van der Waals surface area contributed by atoms with E-state index in [9.17, 15) is 22.0 Å². The zero-order chi connectivity index (χ0) is 15.2. The Labute approximate surface area is 114 Å². The average Bonchev–Trinajstić information content (AvgIpc) is 2.39. The van der Waals surface area contributed by atoms with E-state index in [-0.39, 0.29) is 18.8 Å². The minimum atomic E-state index is -4.63. The van der Waals surface area contributed by atoms with Gasteiger partial charge in [-0.25, -0.2) is 13.2 Å². The summed E-state index contributed by atoms with van der Waals surface area (Å²) in [6, 6.07) is 3.86. The standard InChI is InChI=1S/C11H14F2N2O4S/c12-10(13)20(18,19)9-4-2-8(3-5-9)15-11(17)14-6-1-7-16/h2-5,10,16H,1,6-7H2,(H2,14,15,17). The topological polar surface area (TPSA) is 95.5 Å². The van der Waals surface area contributed by atoms with E-state index in [0.717, 1.165) is 12.1 Å². The summed E-state index contributed by atoms with van der Waals surface area (Å²) in [6.45, 7) is 0.223. The lowest BCUT2D eigenvalue weighted by molar-refractivity contribution is 0.234. The maximum absolute atomic E-state index is 12.3. The Bertz CT molecular complexity index is 546. The van der Waals surface area contributed by atoms with Crippen LogP contribution in [0, 0.1) is 0 Å². The Hall–Kier alpha value is -1.74. The summed E-state index contributed by atoms with van der Waals surface area (Å²) in [5.41, 5.74) is 0.264. The molecule has 1 aromatic rings. The number of benzene rings is 1. The molecule has 3 N–H and O–H groups in total. The number of amides is 2. The SMILES string of the molecule is O=C(NCCCO)Nc1ccc(S(=O)(=O)C(F)F)cc1. The molecule has 0 bridgehead atoms. The summed E-state index contributed by atoms with van der Waals surface area (Å²) >= 11 is 0. The molecule has 112 valence electrons. The lowest BCUT2D eigenvalue weighted by Crippen LogP contribution is -2.29. The predicted octanol–water partition coefficient (Wildman–Crippen LogP) is 1.19. The molecule has 0 fully saturated rings. The Balaban J connectivity index is 2.66. The molecule has 6 nitrogen and oxygen atoms in total. The molecule has 0 heterocycles. The zero-order valence-electron chi connectivity index (χ0n) is 10.3. The van der Waals surface area contributed by atoms with Crippen molar-refractivity contribution in [2.45, 2.75) is 17.1 Å². The molecule has 0 saturated carbocycles. The summed E-state index contributed by atoms with van der Waals surface area (Å²) in [4.78, 5) is 10.8. The second kappa shape index (κ2) is 7.15. The molecule has 2 amide bonds. The van der Waals surface area contributed by atoms with Crippen LogP contribution in [-0.4, -0.2) is 38.5 Å². The van der Waals surface area contributed by atoms with Crippen LogP contribution in [0.1, 0.15) is 6.42 Å². The van der Waals surface area contributed by atoms with Crippen molar-refractivity contribution in [2.75, 3.05) is 18.5 Å². The fraction of sp³-hybridized carbons (Fsp3) is 0.364. The van der Waals surface area contributed by atoms with Crippen molar-refractivity contribution < 1.29 is 27.1 Å². The molecule has 0 aliphatic heterocycles. The fourth-order valence-electron chi connectivity index (χ4n) is 1.29. The number of urea groups is 1. The number of sulfone groups is 1. The largest absolute Gasteiger partial charge is 0.396 e. The van der Waals surface area contributed by atoms with Crippen molar-refractivity contribution in [1.29, 1.82) is 0 Å². The number of halogens is 2. The van der Waals surface area contributed by atoms with Crippen molar-refractivity contribution >= 4 is 21.6 Å². The van der Waals surface area contributed by atoms with Gasteiger partial charge in [0.1, 0.15) is 0 Å². The van der Waals surface area contributed by atoms with Crippen LogP contribution in [-0.2, 0) is 9.84 Å². The van der Waals surface area contributed by atoms with Crippen molar-refractivity contribution in [3.8, 4) is 0 Å². The molecule has 0 atom stereocenters. The van der Waals surface area contributed by atoms with E-state index in [1.165, 1.54) is 12.1 Å². The van der Waals surface area contributed by atoms with Crippen molar-refractivity contribution in [3.05, 3.63) is 24.3 Å². The van der Waals surface area contributed by atoms with E-state index in [1.807, 2.05) is 0 Å². The van der Waals surface area contributed by atoms with Crippen molar-refractivity contribution in [2.24, 2.45) is 0 Å². The van der Waals surface area contributed by atoms with Gasteiger partial charge in [0, 0.05) is 18.8 Å². The first-order chi connectivity index (χ1) is 9.37. The average molecular weight is 308 g/mol. The van der Waals surface area contributed by atoms with Gasteiger partial charge in [0.05, 0.1) is 4.90 Å². The number of carbonyl (C=O) groups excluding carboxylic acids is 1. The van der Waals surface area contributed by atoms with Crippen LogP contribution in [0.3, 0.4) is 0 Å². The highest BCUT2D eigenvalue weighted by molar-refractivity contribution is 7.91. The molecule has 0 saturated heterocycles. The van der Waals surface area contributed by atoms with Crippen LogP contribution in [0.15, 0.2) is 29.2 Å². The van der Waals surface area contributed by atoms with Crippen LogP contribution in [0.25, 0.3) is 0 Å². The fourth-order valence-corrected chi connectivity index (χ4v) is 2.01. The van der Waals surface area contributed by atoms with Crippen LogP contribution in [0.5, 0.6) is 0 Å². The molecular weight excluding hydrogens is 294 g/mol. The van der Waals surface area contributed by atoms with E-state index in [2.05, 4.69) is 10.6 Å². The molecule has 9 heteroatoms. The first-order valence-electron chi connectivity index (χ1n) is 5.65. The summed E-state index contributed by atoms with van der Waals surface area (Å²) in [5, 5.41) is 13.4. The summed E-state index contributed by atoms with van der Waals surface area (Å²) < 4.78 is 46.9.